The number of ether oxygens (including phenoxy) is 6. The molecule has 3 unspecified atom stereocenters. The van der Waals surface area contributed by atoms with Gasteiger partial charge in [-0.3, -0.25) is 0 Å². The lowest BCUT2D eigenvalue weighted by Crippen LogP contribution is -2.20. The molecule has 174 valence electrons. The van der Waals surface area contributed by atoms with Gasteiger partial charge < -0.3 is 33.5 Å². The molecule has 0 spiro atoms. The minimum Gasteiger partial charge on any atom is -0.458 e. The summed E-state index contributed by atoms with van der Waals surface area (Å²) in [6.45, 7) is 0.140. The van der Waals surface area contributed by atoms with E-state index < -0.39 is 36.8 Å². The summed E-state index contributed by atoms with van der Waals surface area (Å²) < 4.78 is 29.4. The SMILES string of the molecule is O=C1OCC(COC(=O)c2ccc(Cc3ccc(C(O)OCC4COC(=O)O4)cc3)cc2)O1. The van der Waals surface area contributed by atoms with Crippen LogP contribution in [0.15, 0.2) is 48.5 Å². The quantitative estimate of drug-likeness (QED) is 0.340. The molecule has 1 N–H and O–H groups in total. The first-order valence-electron chi connectivity index (χ1n) is 10.3. The summed E-state index contributed by atoms with van der Waals surface area (Å²) in [5.41, 5.74) is 2.94. The summed E-state index contributed by atoms with van der Waals surface area (Å²) in [6, 6.07) is 14.2. The van der Waals surface area contributed by atoms with Crippen molar-refractivity contribution >= 4 is 18.3 Å². The van der Waals surface area contributed by atoms with Crippen LogP contribution >= 0.6 is 0 Å². The Hall–Kier alpha value is -3.63. The highest BCUT2D eigenvalue weighted by molar-refractivity contribution is 5.89. The van der Waals surface area contributed by atoms with E-state index in [1.165, 1.54) is 0 Å². The second kappa shape index (κ2) is 10.3. The predicted octanol–water partition coefficient (Wildman–Crippen LogP) is 2.51. The highest BCUT2D eigenvalue weighted by Gasteiger charge is 2.27. The van der Waals surface area contributed by atoms with Crippen LogP contribution in [0.3, 0.4) is 0 Å². The molecule has 3 atom stereocenters. The van der Waals surface area contributed by atoms with E-state index in [0.29, 0.717) is 17.5 Å². The first-order chi connectivity index (χ1) is 16.0. The number of carbonyl (C=O) groups is 3. The van der Waals surface area contributed by atoms with Gasteiger partial charge in [-0.1, -0.05) is 36.4 Å². The molecule has 0 aromatic heterocycles. The van der Waals surface area contributed by atoms with Crippen LogP contribution in [0.2, 0.25) is 0 Å². The molecule has 4 rings (SSSR count). The standard InChI is InChI=1S/C23H22O10/c24-20(28-10-18-12-30-22(26)32-18)16-5-1-14(2-6-16)9-15-3-7-17(8-4-15)21(25)29-11-19-13-31-23(27)33-19/h1-8,18-20,24H,9-13H2. The van der Waals surface area contributed by atoms with E-state index in [1.807, 2.05) is 24.3 Å². The molecule has 2 aromatic carbocycles. The summed E-state index contributed by atoms with van der Waals surface area (Å²) in [5, 5.41) is 10.2. The van der Waals surface area contributed by atoms with Gasteiger partial charge in [-0.2, -0.15) is 0 Å². The highest BCUT2D eigenvalue weighted by atomic mass is 16.8. The first-order valence-corrected chi connectivity index (χ1v) is 10.3. The minimum absolute atomic E-state index is 0.0308. The van der Waals surface area contributed by atoms with Crippen molar-refractivity contribution in [3.05, 3.63) is 70.8 Å². The molecular weight excluding hydrogens is 436 g/mol. The lowest BCUT2D eigenvalue weighted by Gasteiger charge is -2.14. The van der Waals surface area contributed by atoms with E-state index in [0.717, 1.165) is 11.1 Å². The third kappa shape index (κ3) is 6.21. The van der Waals surface area contributed by atoms with Crippen molar-refractivity contribution in [3.8, 4) is 0 Å². The lowest BCUT2D eigenvalue weighted by atomic mass is 10.0. The van der Waals surface area contributed by atoms with E-state index in [4.69, 9.17) is 18.9 Å². The zero-order valence-corrected chi connectivity index (χ0v) is 17.5. The monoisotopic (exact) mass is 458 g/mol. The zero-order valence-electron chi connectivity index (χ0n) is 17.5. The Morgan fingerprint density at radius 2 is 1.42 bits per heavy atom. The van der Waals surface area contributed by atoms with Crippen molar-refractivity contribution < 1.29 is 47.9 Å². The van der Waals surface area contributed by atoms with Crippen LogP contribution in [0, 0.1) is 0 Å². The molecule has 2 aliphatic heterocycles. The van der Waals surface area contributed by atoms with Gasteiger partial charge in [0.05, 0.1) is 12.2 Å². The van der Waals surface area contributed by atoms with E-state index >= 15 is 0 Å². The maximum atomic E-state index is 12.1. The number of hydrogen-bond acceptors (Lipinski definition) is 10. The van der Waals surface area contributed by atoms with E-state index in [1.54, 1.807) is 24.3 Å². The molecule has 2 saturated heterocycles. The fourth-order valence-electron chi connectivity index (χ4n) is 3.24. The number of aliphatic hydroxyl groups is 1. The topological polar surface area (TPSA) is 127 Å². The predicted molar refractivity (Wildman–Crippen MR) is 109 cm³/mol. The van der Waals surface area contributed by atoms with Gasteiger partial charge in [0.1, 0.15) is 19.8 Å². The van der Waals surface area contributed by atoms with Crippen LogP contribution in [-0.2, 0) is 34.8 Å². The Kier molecular flexibility index (Phi) is 7.06. The second-order valence-electron chi connectivity index (χ2n) is 7.50. The summed E-state index contributed by atoms with van der Waals surface area (Å²) in [6.07, 6.45) is -3.14. The molecular formula is C23H22O10. The normalized spacial score (nSPS) is 20.4. The fourth-order valence-corrected chi connectivity index (χ4v) is 3.24. The maximum absolute atomic E-state index is 12.1. The van der Waals surface area contributed by atoms with Gasteiger partial charge in [-0.15, -0.1) is 0 Å². The van der Waals surface area contributed by atoms with Crippen LogP contribution in [-0.4, -0.2) is 62.0 Å². The smallest absolute Gasteiger partial charge is 0.458 e. The van der Waals surface area contributed by atoms with Crippen LogP contribution in [0.5, 0.6) is 0 Å². The van der Waals surface area contributed by atoms with Gasteiger partial charge in [-0.05, 0) is 29.7 Å². The summed E-state index contributed by atoms with van der Waals surface area (Å²) >= 11 is 0. The van der Waals surface area contributed by atoms with Crippen molar-refractivity contribution in [2.75, 3.05) is 26.4 Å². The number of carbonyl (C=O) groups excluding carboxylic acids is 3. The van der Waals surface area contributed by atoms with Crippen LogP contribution in [0.25, 0.3) is 0 Å². The molecule has 10 nitrogen and oxygen atoms in total. The van der Waals surface area contributed by atoms with Crippen molar-refractivity contribution in [2.24, 2.45) is 0 Å². The summed E-state index contributed by atoms with van der Waals surface area (Å²) in [5.74, 6) is -0.512. The summed E-state index contributed by atoms with van der Waals surface area (Å²) in [7, 11) is 0. The van der Waals surface area contributed by atoms with Crippen molar-refractivity contribution in [1.29, 1.82) is 0 Å². The molecule has 2 aliphatic rings. The first kappa shape index (κ1) is 22.6. The number of benzene rings is 2. The molecule has 33 heavy (non-hydrogen) atoms. The van der Waals surface area contributed by atoms with E-state index in [-0.39, 0.29) is 26.4 Å². The number of cyclic esters (lactones) is 4. The van der Waals surface area contributed by atoms with Gasteiger partial charge in [0.15, 0.2) is 18.5 Å². The Balaban J connectivity index is 1.24. The number of aliphatic hydroxyl groups excluding tert-OH is 1. The highest BCUT2D eigenvalue weighted by Crippen LogP contribution is 2.19. The zero-order chi connectivity index (χ0) is 23.2. The summed E-state index contributed by atoms with van der Waals surface area (Å²) in [4.78, 5) is 33.9. The molecule has 2 aromatic rings. The molecule has 2 fully saturated rings. The molecule has 0 radical (unpaired) electrons. The lowest BCUT2D eigenvalue weighted by molar-refractivity contribution is -0.121. The largest absolute Gasteiger partial charge is 0.508 e. The molecule has 0 amide bonds. The maximum Gasteiger partial charge on any atom is 0.508 e. The van der Waals surface area contributed by atoms with Gasteiger partial charge in [-0.25, -0.2) is 14.4 Å². The van der Waals surface area contributed by atoms with Crippen molar-refractivity contribution in [2.45, 2.75) is 24.9 Å². The van der Waals surface area contributed by atoms with E-state index in [9.17, 15) is 19.5 Å². The number of hydrogen-bond donors (Lipinski definition) is 1. The average Bonchev–Trinajstić information content (AvgIpc) is 3.44. The second-order valence-corrected chi connectivity index (χ2v) is 7.50. The van der Waals surface area contributed by atoms with Crippen molar-refractivity contribution in [3.63, 3.8) is 0 Å². The van der Waals surface area contributed by atoms with Crippen molar-refractivity contribution in [1.82, 2.24) is 0 Å². The molecule has 2 heterocycles. The van der Waals surface area contributed by atoms with Crippen LogP contribution in [0.1, 0.15) is 33.3 Å². The fraction of sp³-hybridized carbons (Fsp3) is 0.348. The van der Waals surface area contributed by atoms with Crippen LogP contribution in [0.4, 0.5) is 9.59 Å². The molecule has 0 aliphatic carbocycles. The van der Waals surface area contributed by atoms with Gasteiger partial charge in [0, 0.05) is 5.56 Å². The number of rotatable bonds is 9. The average molecular weight is 458 g/mol. The Morgan fingerprint density at radius 3 is 1.97 bits per heavy atom. The Labute approximate surface area is 188 Å². The number of esters is 1. The Bertz CT molecular complexity index is 985. The van der Waals surface area contributed by atoms with Gasteiger partial charge in [0.25, 0.3) is 0 Å². The third-order valence-electron chi connectivity index (χ3n) is 5.00. The van der Waals surface area contributed by atoms with E-state index in [2.05, 4.69) is 9.47 Å². The van der Waals surface area contributed by atoms with Crippen LogP contribution < -0.4 is 0 Å². The van der Waals surface area contributed by atoms with Gasteiger partial charge in [0.2, 0.25) is 0 Å². The third-order valence-corrected chi connectivity index (χ3v) is 5.00. The van der Waals surface area contributed by atoms with Gasteiger partial charge >= 0.3 is 18.3 Å². The molecule has 0 saturated carbocycles. The minimum atomic E-state index is -1.15. The molecule has 10 heteroatoms. The molecule has 0 bridgehead atoms. The Morgan fingerprint density at radius 1 is 0.879 bits per heavy atom.